The molecule has 0 N–H and O–H groups in total. The Bertz CT molecular complexity index is 1170. The third-order valence-corrected chi connectivity index (χ3v) is 8.66. The smallest absolute Gasteiger partial charge is 0.255 e. The topological polar surface area (TPSA) is 70.2 Å². The van der Waals surface area contributed by atoms with Crippen molar-refractivity contribution in [3.8, 4) is 5.75 Å². The summed E-state index contributed by atoms with van der Waals surface area (Å²) in [5, 5.41) is 0.209. The summed E-state index contributed by atoms with van der Waals surface area (Å²) >= 11 is 6.11. The standard InChI is InChI=1S/C24H29ClFN3O4S/c1-17-4-3-9-29(16-17)34(31,32)19-6-8-23(33-2)22(15-19)27-10-12-28(13-11-27)24(30)20-14-18(26)5-7-21(20)25/h5-8,14-15,17H,3-4,9-13,16H2,1-2H3. The van der Waals surface area contributed by atoms with Crippen molar-refractivity contribution in [2.75, 3.05) is 51.3 Å². The summed E-state index contributed by atoms with van der Waals surface area (Å²) in [5.41, 5.74) is 0.807. The number of piperidine rings is 1. The number of rotatable bonds is 5. The largest absolute Gasteiger partial charge is 0.495 e. The van der Waals surface area contributed by atoms with E-state index in [1.54, 1.807) is 34.5 Å². The molecule has 0 radical (unpaired) electrons. The molecule has 4 rings (SSSR count). The van der Waals surface area contributed by atoms with Crippen LogP contribution in [0.3, 0.4) is 0 Å². The molecular formula is C24H29ClFN3O4S. The second kappa shape index (κ2) is 10.1. The van der Waals surface area contributed by atoms with Crippen LogP contribution in [-0.2, 0) is 10.0 Å². The van der Waals surface area contributed by atoms with Crippen LogP contribution in [0, 0.1) is 11.7 Å². The van der Waals surface area contributed by atoms with Gasteiger partial charge in [0.05, 0.1) is 28.3 Å². The number of anilines is 1. The van der Waals surface area contributed by atoms with Crippen LogP contribution in [0.5, 0.6) is 5.75 Å². The summed E-state index contributed by atoms with van der Waals surface area (Å²) in [6.45, 7) is 4.83. The SMILES string of the molecule is COc1ccc(S(=O)(=O)N2CCCC(C)C2)cc1N1CCN(C(=O)c2cc(F)ccc2Cl)CC1. The van der Waals surface area contributed by atoms with Crippen LogP contribution in [0.4, 0.5) is 10.1 Å². The number of carbonyl (C=O) groups is 1. The molecule has 2 aliphatic rings. The molecule has 1 unspecified atom stereocenters. The van der Waals surface area contributed by atoms with Crippen molar-refractivity contribution in [1.82, 2.24) is 9.21 Å². The van der Waals surface area contributed by atoms with E-state index < -0.39 is 15.8 Å². The van der Waals surface area contributed by atoms with Gasteiger partial charge in [0.1, 0.15) is 11.6 Å². The predicted octanol–water partition coefficient (Wildman–Crippen LogP) is 3.87. The molecule has 34 heavy (non-hydrogen) atoms. The normalized spacial score (nSPS) is 19.8. The zero-order valence-corrected chi connectivity index (χ0v) is 20.9. The Labute approximate surface area is 205 Å². The lowest BCUT2D eigenvalue weighted by molar-refractivity contribution is 0.0746. The minimum atomic E-state index is -3.61. The maximum absolute atomic E-state index is 13.6. The highest BCUT2D eigenvalue weighted by Gasteiger charge is 2.31. The summed E-state index contributed by atoms with van der Waals surface area (Å²) < 4.78 is 47.3. The van der Waals surface area contributed by atoms with Gasteiger partial charge >= 0.3 is 0 Å². The van der Waals surface area contributed by atoms with Crippen molar-refractivity contribution in [3.05, 3.63) is 52.8 Å². The number of piperazine rings is 1. The first-order valence-corrected chi connectivity index (χ1v) is 13.2. The van der Waals surface area contributed by atoms with Crippen LogP contribution in [-0.4, -0.2) is 69.9 Å². The van der Waals surface area contributed by atoms with Crippen molar-refractivity contribution in [2.24, 2.45) is 5.92 Å². The molecule has 1 atom stereocenters. The van der Waals surface area contributed by atoms with Crippen molar-refractivity contribution in [1.29, 1.82) is 0 Å². The van der Waals surface area contributed by atoms with Crippen molar-refractivity contribution in [2.45, 2.75) is 24.7 Å². The van der Waals surface area contributed by atoms with E-state index >= 15 is 0 Å². The first-order valence-electron chi connectivity index (χ1n) is 11.4. The van der Waals surface area contributed by atoms with Crippen molar-refractivity contribution >= 4 is 33.2 Å². The first-order chi connectivity index (χ1) is 16.2. The molecule has 7 nitrogen and oxygen atoms in total. The van der Waals surface area contributed by atoms with E-state index in [1.807, 2.05) is 4.90 Å². The van der Waals surface area contributed by atoms with Gasteiger partial charge in [0.2, 0.25) is 10.0 Å². The Morgan fingerprint density at radius 3 is 2.50 bits per heavy atom. The van der Waals surface area contributed by atoms with E-state index in [0.717, 1.165) is 18.9 Å². The fourth-order valence-corrected chi connectivity index (χ4v) is 6.39. The highest BCUT2D eigenvalue weighted by atomic mass is 35.5. The molecule has 2 saturated heterocycles. The third-order valence-electron chi connectivity index (χ3n) is 6.47. The number of hydrogen-bond donors (Lipinski definition) is 0. The molecule has 0 saturated carbocycles. The van der Waals surface area contributed by atoms with Crippen molar-refractivity contribution < 1.29 is 22.3 Å². The van der Waals surface area contributed by atoms with Gasteiger partial charge in [-0.3, -0.25) is 4.79 Å². The molecule has 184 valence electrons. The molecule has 0 spiro atoms. The van der Waals surface area contributed by atoms with Crippen LogP contribution >= 0.6 is 11.6 Å². The van der Waals surface area contributed by atoms with Crippen LogP contribution in [0.1, 0.15) is 30.1 Å². The molecule has 0 bridgehead atoms. The highest BCUT2D eigenvalue weighted by Crippen LogP contribution is 2.34. The minimum Gasteiger partial charge on any atom is -0.495 e. The molecular weight excluding hydrogens is 481 g/mol. The number of ether oxygens (including phenoxy) is 1. The van der Waals surface area contributed by atoms with E-state index in [1.165, 1.54) is 12.1 Å². The van der Waals surface area contributed by atoms with Gasteiger partial charge in [-0.25, -0.2) is 12.8 Å². The molecule has 2 fully saturated rings. The monoisotopic (exact) mass is 509 g/mol. The van der Waals surface area contributed by atoms with E-state index in [0.29, 0.717) is 56.6 Å². The number of methoxy groups -OCH3 is 1. The van der Waals surface area contributed by atoms with Gasteiger partial charge in [0.25, 0.3) is 5.91 Å². The van der Waals surface area contributed by atoms with Crippen LogP contribution in [0.2, 0.25) is 5.02 Å². The van der Waals surface area contributed by atoms with Crippen LogP contribution in [0.25, 0.3) is 0 Å². The molecule has 1 amide bonds. The number of nitrogens with zero attached hydrogens (tertiary/aromatic N) is 3. The molecule has 0 aliphatic carbocycles. The third kappa shape index (κ3) is 5.01. The average Bonchev–Trinajstić information content (AvgIpc) is 2.84. The lowest BCUT2D eigenvalue weighted by Crippen LogP contribution is -2.49. The number of carbonyl (C=O) groups excluding carboxylic acids is 1. The minimum absolute atomic E-state index is 0.136. The van der Waals surface area contributed by atoms with Crippen LogP contribution in [0.15, 0.2) is 41.3 Å². The Morgan fingerprint density at radius 2 is 1.82 bits per heavy atom. The zero-order valence-electron chi connectivity index (χ0n) is 19.3. The number of amides is 1. The second-order valence-corrected chi connectivity index (χ2v) is 11.2. The van der Waals surface area contributed by atoms with Gasteiger partial charge in [0, 0.05) is 39.3 Å². The summed E-state index contributed by atoms with van der Waals surface area (Å²) in [5.74, 6) is 0.0567. The van der Waals surface area contributed by atoms with Gasteiger partial charge in [-0.05, 0) is 55.2 Å². The summed E-state index contributed by atoms with van der Waals surface area (Å²) in [6, 6.07) is 8.67. The van der Waals surface area contributed by atoms with E-state index in [9.17, 15) is 17.6 Å². The van der Waals surface area contributed by atoms with E-state index in [2.05, 4.69) is 6.92 Å². The maximum Gasteiger partial charge on any atom is 0.255 e. The summed E-state index contributed by atoms with van der Waals surface area (Å²) in [7, 11) is -2.07. The molecule has 2 aliphatic heterocycles. The average molecular weight is 510 g/mol. The molecule has 10 heteroatoms. The van der Waals surface area contributed by atoms with Gasteiger partial charge in [-0.15, -0.1) is 0 Å². The summed E-state index contributed by atoms with van der Waals surface area (Å²) in [6.07, 6.45) is 1.89. The molecule has 2 heterocycles. The van der Waals surface area contributed by atoms with Gasteiger partial charge < -0.3 is 14.5 Å². The molecule has 2 aromatic carbocycles. The zero-order chi connectivity index (χ0) is 24.5. The second-order valence-electron chi connectivity index (χ2n) is 8.85. The number of halogens is 2. The van der Waals surface area contributed by atoms with Crippen molar-refractivity contribution in [3.63, 3.8) is 0 Å². The number of sulfonamides is 1. The quantitative estimate of drug-likeness (QED) is 0.612. The Morgan fingerprint density at radius 1 is 1.09 bits per heavy atom. The maximum atomic E-state index is 13.6. The van der Waals surface area contributed by atoms with Gasteiger partial charge in [-0.2, -0.15) is 4.31 Å². The fourth-order valence-electron chi connectivity index (χ4n) is 4.57. The number of hydrogen-bond acceptors (Lipinski definition) is 5. The van der Waals surface area contributed by atoms with E-state index in [4.69, 9.17) is 16.3 Å². The lowest BCUT2D eigenvalue weighted by Gasteiger charge is -2.37. The fraction of sp³-hybridized carbons (Fsp3) is 0.458. The Balaban J connectivity index is 1.52. The van der Waals surface area contributed by atoms with E-state index in [-0.39, 0.29) is 21.4 Å². The van der Waals surface area contributed by atoms with Gasteiger partial charge in [-0.1, -0.05) is 18.5 Å². The molecule has 0 aromatic heterocycles. The first kappa shape index (κ1) is 24.8. The Kier molecular flexibility index (Phi) is 7.35. The Hall–Kier alpha value is -2.36. The molecule has 2 aromatic rings. The van der Waals surface area contributed by atoms with Crippen LogP contribution < -0.4 is 9.64 Å². The highest BCUT2D eigenvalue weighted by molar-refractivity contribution is 7.89. The summed E-state index contributed by atoms with van der Waals surface area (Å²) in [4.78, 5) is 16.7. The van der Waals surface area contributed by atoms with Gasteiger partial charge in [0.15, 0.2) is 0 Å². The number of benzene rings is 2. The lowest BCUT2D eigenvalue weighted by atomic mass is 10.0. The predicted molar refractivity (Wildman–Crippen MR) is 130 cm³/mol.